The fraction of sp³-hybridized carbons (Fsp3) is 0.762. The number of hydrogen-bond donors (Lipinski definition) is 3. The molecular formula is C21H31N5O5. The maximum Gasteiger partial charge on any atom is 0.344 e. The van der Waals surface area contributed by atoms with Crippen LogP contribution >= 0.6 is 0 Å². The van der Waals surface area contributed by atoms with Crippen LogP contribution in [0, 0.1) is 11.8 Å². The van der Waals surface area contributed by atoms with Crippen molar-refractivity contribution in [2.75, 3.05) is 6.54 Å². The number of carbonyl (C=O) groups excluding carboxylic acids is 5. The summed E-state index contributed by atoms with van der Waals surface area (Å²) in [6, 6.07) is -1.29. The Hall–Kier alpha value is -2.65. The maximum atomic E-state index is 13.0. The van der Waals surface area contributed by atoms with E-state index in [1.54, 1.807) is 0 Å². The number of nitrogens with one attached hydrogen (secondary N) is 3. The first-order valence-electron chi connectivity index (χ1n) is 11.3. The van der Waals surface area contributed by atoms with Gasteiger partial charge in [-0.15, -0.1) is 0 Å². The molecule has 170 valence electrons. The number of urea groups is 2. The molecule has 0 aromatic heterocycles. The number of nitrogens with zero attached hydrogens (tertiary/aromatic N) is 2. The molecule has 0 unspecified atom stereocenters. The van der Waals surface area contributed by atoms with Crippen molar-refractivity contribution >= 4 is 29.8 Å². The third-order valence-electron chi connectivity index (χ3n) is 7.61. The quantitative estimate of drug-likeness (QED) is 0.578. The van der Waals surface area contributed by atoms with Crippen LogP contribution < -0.4 is 16.1 Å². The zero-order valence-corrected chi connectivity index (χ0v) is 18.2. The molecule has 2 aliphatic carbocycles. The number of hydrazine groups is 1. The van der Waals surface area contributed by atoms with Gasteiger partial charge in [0.05, 0.1) is 0 Å². The van der Waals surface area contributed by atoms with Crippen molar-refractivity contribution < 1.29 is 24.0 Å². The van der Waals surface area contributed by atoms with E-state index >= 15 is 0 Å². The minimum absolute atomic E-state index is 0.405. The molecule has 4 aliphatic rings. The number of hydrogen-bond acceptors (Lipinski definition) is 5. The van der Waals surface area contributed by atoms with E-state index in [4.69, 9.17) is 0 Å². The van der Waals surface area contributed by atoms with Gasteiger partial charge in [0.15, 0.2) is 0 Å². The van der Waals surface area contributed by atoms with Gasteiger partial charge in [0, 0.05) is 0 Å². The number of carbonyl (C=O) groups is 5. The fourth-order valence-corrected chi connectivity index (χ4v) is 5.36. The van der Waals surface area contributed by atoms with E-state index < -0.39 is 47.4 Å². The summed E-state index contributed by atoms with van der Waals surface area (Å²) in [5.41, 5.74) is 0.385. The molecule has 10 heteroatoms. The summed E-state index contributed by atoms with van der Waals surface area (Å²) in [5.74, 6) is -0.616. The average molecular weight is 434 g/mol. The molecule has 2 aliphatic heterocycles. The van der Waals surface area contributed by atoms with Crippen LogP contribution in [0.25, 0.3) is 0 Å². The van der Waals surface area contributed by atoms with E-state index in [0.29, 0.717) is 42.5 Å². The van der Waals surface area contributed by atoms with Crippen LogP contribution in [0.15, 0.2) is 0 Å². The Morgan fingerprint density at radius 3 is 2.10 bits per heavy atom. The Balaban J connectivity index is 1.38. The molecular weight excluding hydrogens is 402 g/mol. The Labute approximate surface area is 181 Å². The van der Waals surface area contributed by atoms with Gasteiger partial charge in [-0.25, -0.2) is 9.59 Å². The van der Waals surface area contributed by atoms with Gasteiger partial charge < -0.3 is 10.6 Å². The molecule has 10 nitrogen and oxygen atoms in total. The average Bonchev–Trinajstić information content (AvgIpc) is 3.11. The molecule has 2 saturated carbocycles. The lowest BCUT2D eigenvalue weighted by Gasteiger charge is -2.34. The van der Waals surface area contributed by atoms with Crippen LogP contribution in [0.1, 0.15) is 71.6 Å². The summed E-state index contributed by atoms with van der Waals surface area (Å²) in [4.78, 5) is 64.1. The first-order chi connectivity index (χ1) is 14.7. The third kappa shape index (κ3) is 3.65. The number of rotatable bonds is 4. The Kier molecular flexibility index (Phi) is 5.43. The molecule has 0 atom stereocenters. The lowest BCUT2D eigenvalue weighted by molar-refractivity contribution is -0.141. The molecule has 2 heterocycles. The molecule has 4 rings (SSSR count). The summed E-state index contributed by atoms with van der Waals surface area (Å²) < 4.78 is 0. The van der Waals surface area contributed by atoms with Crippen LogP contribution in [0.4, 0.5) is 9.59 Å². The minimum atomic E-state index is -0.973. The molecule has 2 saturated heterocycles. The van der Waals surface area contributed by atoms with Gasteiger partial charge in [-0.2, -0.15) is 5.01 Å². The second kappa shape index (κ2) is 7.80. The van der Waals surface area contributed by atoms with Gasteiger partial charge in [0.1, 0.15) is 17.6 Å². The predicted molar refractivity (Wildman–Crippen MR) is 109 cm³/mol. The topological polar surface area (TPSA) is 128 Å². The van der Waals surface area contributed by atoms with E-state index in [1.165, 1.54) is 0 Å². The monoisotopic (exact) mass is 433 g/mol. The van der Waals surface area contributed by atoms with E-state index in [-0.39, 0.29) is 0 Å². The zero-order valence-electron chi connectivity index (χ0n) is 18.2. The molecule has 0 radical (unpaired) electrons. The summed E-state index contributed by atoms with van der Waals surface area (Å²) in [5, 5.41) is 6.20. The van der Waals surface area contributed by atoms with Crippen LogP contribution in [0.3, 0.4) is 0 Å². The minimum Gasteiger partial charge on any atom is -0.323 e. The second-order valence-electron chi connectivity index (χ2n) is 9.63. The van der Waals surface area contributed by atoms with Crippen LogP contribution in [0.5, 0.6) is 0 Å². The first-order valence-corrected chi connectivity index (χ1v) is 11.3. The van der Waals surface area contributed by atoms with Gasteiger partial charge in [-0.1, -0.05) is 20.3 Å². The first kappa shape index (κ1) is 21.6. The molecule has 0 aromatic rings. The van der Waals surface area contributed by atoms with Crippen molar-refractivity contribution in [3.05, 3.63) is 0 Å². The molecule has 7 amide bonds. The lowest BCUT2D eigenvalue weighted by Crippen LogP contribution is -2.53. The van der Waals surface area contributed by atoms with E-state index in [9.17, 15) is 24.0 Å². The van der Waals surface area contributed by atoms with Crippen molar-refractivity contribution in [2.24, 2.45) is 11.8 Å². The highest BCUT2D eigenvalue weighted by Gasteiger charge is 2.54. The second-order valence-corrected chi connectivity index (χ2v) is 9.63. The molecule has 4 fully saturated rings. The van der Waals surface area contributed by atoms with Crippen molar-refractivity contribution in [2.45, 2.75) is 82.7 Å². The van der Waals surface area contributed by atoms with Crippen LogP contribution in [-0.4, -0.2) is 57.3 Å². The SMILES string of the molecule is CCC1CCC2(CC1)NC(=O)N(CC(=O)NN1C(=O)NC3(CCC(C)CC3)C1=O)C2=O. The molecule has 0 bridgehead atoms. The molecule has 2 spiro atoms. The van der Waals surface area contributed by atoms with Gasteiger partial charge in [0.2, 0.25) is 0 Å². The summed E-state index contributed by atoms with van der Waals surface area (Å²) in [6.07, 6.45) is 6.55. The Bertz CT molecular complexity index is 811. The summed E-state index contributed by atoms with van der Waals surface area (Å²) >= 11 is 0. The standard InChI is InChI=1S/C21H31N5O5/c1-3-14-6-10-20(11-7-14)16(28)25(18(30)22-20)12-15(27)24-26-17(29)21(23-19(26)31)8-4-13(2)5-9-21/h13-14H,3-12H2,1-2H3,(H,22,30)(H,23,31)(H,24,27). The smallest absolute Gasteiger partial charge is 0.323 e. The molecule has 3 N–H and O–H groups in total. The van der Waals surface area contributed by atoms with Gasteiger partial charge in [-0.3, -0.25) is 24.7 Å². The Morgan fingerprint density at radius 1 is 0.935 bits per heavy atom. The van der Waals surface area contributed by atoms with Gasteiger partial charge in [-0.05, 0) is 63.2 Å². The maximum absolute atomic E-state index is 13.0. The normalized spacial score (nSPS) is 35.7. The zero-order chi connectivity index (χ0) is 22.4. The number of amides is 7. The molecule has 31 heavy (non-hydrogen) atoms. The third-order valence-corrected chi connectivity index (χ3v) is 7.61. The highest BCUT2D eigenvalue weighted by Crippen LogP contribution is 2.38. The largest absolute Gasteiger partial charge is 0.344 e. The fourth-order valence-electron chi connectivity index (χ4n) is 5.36. The van der Waals surface area contributed by atoms with Crippen molar-refractivity contribution in [3.63, 3.8) is 0 Å². The van der Waals surface area contributed by atoms with E-state index in [2.05, 4.69) is 29.9 Å². The van der Waals surface area contributed by atoms with E-state index in [1.807, 2.05) is 0 Å². The van der Waals surface area contributed by atoms with Gasteiger partial charge in [0.25, 0.3) is 17.7 Å². The van der Waals surface area contributed by atoms with Gasteiger partial charge >= 0.3 is 12.1 Å². The van der Waals surface area contributed by atoms with Crippen LogP contribution in [-0.2, 0) is 14.4 Å². The number of imide groups is 2. The Morgan fingerprint density at radius 2 is 1.48 bits per heavy atom. The van der Waals surface area contributed by atoms with E-state index in [0.717, 1.165) is 37.0 Å². The van der Waals surface area contributed by atoms with Crippen molar-refractivity contribution in [1.29, 1.82) is 0 Å². The molecule has 0 aromatic carbocycles. The summed E-state index contributed by atoms with van der Waals surface area (Å²) in [6.45, 7) is 3.68. The highest BCUT2D eigenvalue weighted by molar-refractivity contribution is 6.10. The van der Waals surface area contributed by atoms with Crippen molar-refractivity contribution in [3.8, 4) is 0 Å². The highest BCUT2D eigenvalue weighted by atomic mass is 16.2. The van der Waals surface area contributed by atoms with Crippen molar-refractivity contribution in [1.82, 2.24) is 26.0 Å². The van der Waals surface area contributed by atoms with Crippen LogP contribution in [0.2, 0.25) is 0 Å². The lowest BCUT2D eigenvalue weighted by atomic mass is 9.75. The summed E-state index contributed by atoms with van der Waals surface area (Å²) in [7, 11) is 0. The predicted octanol–water partition coefficient (Wildman–Crippen LogP) is 1.41.